The number of amides is 1. The first kappa shape index (κ1) is 13.4. The molecule has 0 bridgehead atoms. The van der Waals surface area contributed by atoms with Gasteiger partial charge in [-0.15, -0.1) is 0 Å². The maximum absolute atomic E-state index is 11.2. The topological polar surface area (TPSA) is 87.3 Å². The van der Waals surface area contributed by atoms with Crippen LogP contribution >= 0.6 is 0 Å². The lowest BCUT2D eigenvalue weighted by atomic mass is 10.1. The van der Waals surface area contributed by atoms with Crippen LogP contribution in [0.5, 0.6) is 0 Å². The van der Waals surface area contributed by atoms with Crippen LogP contribution in [0.25, 0.3) is 0 Å². The van der Waals surface area contributed by atoms with Gasteiger partial charge in [-0.25, -0.2) is 13.1 Å². The van der Waals surface area contributed by atoms with E-state index in [9.17, 15) is 13.2 Å². The van der Waals surface area contributed by atoms with Crippen molar-refractivity contribution in [1.29, 1.82) is 0 Å². The predicted molar refractivity (Wildman–Crippen MR) is 61.5 cm³/mol. The third kappa shape index (κ3) is 4.91. The second kappa shape index (κ2) is 6.17. The fraction of sp³-hybridized carbons (Fsp3) is 0.889. The second-order valence-electron chi connectivity index (χ2n) is 3.87. The summed E-state index contributed by atoms with van der Waals surface area (Å²) in [5.74, 6) is 0.0770. The summed E-state index contributed by atoms with van der Waals surface area (Å²) in [7, 11) is -1.76. The number of nitrogens with one attached hydrogen (secondary N) is 3. The van der Waals surface area contributed by atoms with Crippen molar-refractivity contribution >= 4 is 15.9 Å². The molecule has 0 aliphatic carbocycles. The van der Waals surface area contributed by atoms with E-state index in [-0.39, 0.29) is 17.7 Å². The van der Waals surface area contributed by atoms with Gasteiger partial charge in [0.15, 0.2) is 0 Å². The van der Waals surface area contributed by atoms with Crippen molar-refractivity contribution in [3.8, 4) is 0 Å². The Hall–Kier alpha value is -0.660. The zero-order chi connectivity index (χ0) is 12.0. The normalized spacial score (nSPS) is 22.6. The summed E-state index contributed by atoms with van der Waals surface area (Å²) in [6.45, 7) is 1.09. The van der Waals surface area contributed by atoms with E-state index in [1.807, 2.05) is 0 Å². The lowest BCUT2D eigenvalue weighted by molar-refractivity contribution is -0.121. The van der Waals surface area contributed by atoms with Crippen LogP contribution in [0.15, 0.2) is 0 Å². The first-order valence-corrected chi connectivity index (χ1v) is 7.10. The molecular formula is C9H19N3O3S. The lowest BCUT2D eigenvalue weighted by Crippen LogP contribution is -2.37. The Balaban J connectivity index is 2.29. The monoisotopic (exact) mass is 249 g/mol. The molecule has 1 aliphatic heterocycles. The molecule has 1 rings (SSSR count). The van der Waals surface area contributed by atoms with Crippen molar-refractivity contribution in [3.05, 3.63) is 0 Å². The highest BCUT2D eigenvalue weighted by Crippen LogP contribution is 2.05. The highest BCUT2D eigenvalue weighted by molar-refractivity contribution is 7.89. The lowest BCUT2D eigenvalue weighted by Gasteiger charge is -2.14. The Labute approximate surface area is 96.2 Å². The van der Waals surface area contributed by atoms with Gasteiger partial charge in [0.25, 0.3) is 0 Å². The molecule has 6 nitrogen and oxygen atoms in total. The van der Waals surface area contributed by atoms with Gasteiger partial charge < -0.3 is 10.6 Å². The molecule has 7 heteroatoms. The van der Waals surface area contributed by atoms with Crippen LogP contribution in [0, 0.1) is 0 Å². The maximum Gasteiger partial charge on any atom is 0.221 e. The van der Waals surface area contributed by atoms with Crippen LogP contribution in [0.1, 0.15) is 19.3 Å². The van der Waals surface area contributed by atoms with Gasteiger partial charge in [0.1, 0.15) is 0 Å². The summed E-state index contributed by atoms with van der Waals surface area (Å²) >= 11 is 0. The molecule has 0 spiro atoms. The van der Waals surface area contributed by atoms with E-state index in [4.69, 9.17) is 0 Å². The van der Waals surface area contributed by atoms with Gasteiger partial charge in [-0.05, 0) is 19.9 Å². The van der Waals surface area contributed by atoms with Crippen LogP contribution in [-0.4, -0.2) is 46.3 Å². The first-order chi connectivity index (χ1) is 7.53. The van der Waals surface area contributed by atoms with E-state index in [1.165, 1.54) is 7.05 Å². The Kier molecular flexibility index (Phi) is 5.17. The summed E-state index contributed by atoms with van der Waals surface area (Å²) in [4.78, 5) is 11.2. The number of carbonyl (C=O) groups excluding carboxylic acids is 1. The number of sulfonamides is 1. The smallest absolute Gasteiger partial charge is 0.221 e. The van der Waals surface area contributed by atoms with E-state index in [1.54, 1.807) is 0 Å². The Morgan fingerprint density at radius 3 is 2.94 bits per heavy atom. The first-order valence-electron chi connectivity index (χ1n) is 5.45. The van der Waals surface area contributed by atoms with Crippen molar-refractivity contribution in [3.63, 3.8) is 0 Å². The molecule has 1 fully saturated rings. The van der Waals surface area contributed by atoms with Gasteiger partial charge in [0.2, 0.25) is 15.9 Å². The molecule has 1 atom stereocenters. The maximum atomic E-state index is 11.2. The van der Waals surface area contributed by atoms with Crippen molar-refractivity contribution in [2.24, 2.45) is 0 Å². The second-order valence-corrected chi connectivity index (χ2v) is 5.92. The number of hydrogen-bond acceptors (Lipinski definition) is 4. The number of rotatable bonds is 5. The molecule has 1 amide bonds. The van der Waals surface area contributed by atoms with Crippen molar-refractivity contribution in [2.75, 3.05) is 25.9 Å². The molecule has 0 saturated carbocycles. The summed E-state index contributed by atoms with van der Waals surface area (Å²) in [5, 5.41) is 5.89. The highest BCUT2D eigenvalue weighted by Gasteiger charge is 2.17. The van der Waals surface area contributed by atoms with E-state index in [0.717, 1.165) is 12.8 Å². The number of hydrogen-bond donors (Lipinski definition) is 3. The summed E-state index contributed by atoms with van der Waals surface area (Å²) in [6, 6.07) is 0.0922. The van der Waals surface area contributed by atoms with Gasteiger partial charge in [0.05, 0.1) is 5.75 Å². The molecule has 1 saturated heterocycles. The van der Waals surface area contributed by atoms with Crippen LogP contribution in [0.4, 0.5) is 0 Å². The van der Waals surface area contributed by atoms with E-state index in [0.29, 0.717) is 19.5 Å². The van der Waals surface area contributed by atoms with E-state index >= 15 is 0 Å². The molecule has 16 heavy (non-hydrogen) atoms. The highest BCUT2D eigenvalue weighted by atomic mass is 32.2. The van der Waals surface area contributed by atoms with Gasteiger partial charge in [-0.2, -0.15) is 0 Å². The quantitative estimate of drug-likeness (QED) is 0.571. The average Bonchev–Trinajstić information content (AvgIpc) is 2.43. The molecule has 0 aromatic carbocycles. The summed E-state index contributed by atoms with van der Waals surface area (Å²) < 4.78 is 24.5. The van der Waals surface area contributed by atoms with E-state index < -0.39 is 10.0 Å². The van der Waals surface area contributed by atoms with Gasteiger partial charge in [-0.3, -0.25) is 4.79 Å². The fourth-order valence-corrected chi connectivity index (χ4v) is 2.24. The van der Waals surface area contributed by atoms with E-state index in [2.05, 4.69) is 15.4 Å². The zero-order valence-electron chi connectivity index (χ0n) is 9.45. The largest absolute Gasteiger partial charge is 0.356 e. The summed E-state index contributed by atoms with van der Waals surface area (Å²) in [5.41, 5.74) is 0. The minimum Gasteiger partial charge on any atom is -0.356 e. The zero-order valence-corrected chi connectivity index (χ0v) is 10.3. The van der Waals surface area contributed by atoms with Crippen LogP contribution < -0.4 is 15.4 Å². The molecule has 1 unspecified atom stereocenters. The molecular weight excluding hydrogens is 230 g/mol. The Morgan fingerprint density at radius 1 is 1.50 bits per heavy atom. The number of carbonyl (C=O) groups is 1. The van der Waals surface area contributed by atoms with Crippen LogP contribution in [0.3, 0.4) is 0 Å². The third-order valence-corrected chi connectivity index (χ3v) is 3.96. The molecule has 1 heterocycles. The Morgan fingerprint density at radius 2 is 2.25 bits per heavy atom. The van der Waals surface area contributed by atoms with Crippen LogP contribution in [-0.2, 0) is 14.8 Å². The molecule has 3 N–H and O–H groups in total. The molecule has 1 aliphatic rings. The minimum atomic E-state index is -3.16. The van der Waals surface area contributed by atoms with Crippen molar-refractivity contribution < 1.29 is 13.2 Å². The molecule has 0 aromatic heterocycles. The SMILES string of the molecule is CNS(=O)(=O)CCNC1CCCNC(=O)C1. The predicted octanol–water partition coefficient (Wildman–Crippen LogP) is -1.21. The average molecular weight is 249 g/mol. The van der Waals surface area contributed by atoms with Crippen molar-refractivity contribution in [1.82, 2.24) is 15.4 Å². The molecule has 0 aromatic rings. The van der Waals surface area contributed by atoms with Crippen LogP contribution in [0.2, 0.25) is 0 Å². The summed E-state index contributed by atoms with van der Waals surface area (Å²) in [6.07, 6.45) is 2.26. The standard InChI is InChI=1S/C9H19N3O3S/c1-10-16(14,15)6-5-11-8-3-2-4-12-9(13)7-8/h8,10-11H,2-7H2,1H3,(H,12,13). The fourth-order valence-electron chi connectivity index (χ4n) is 1.65. The molecule has 94 valence electrons. The van der Waals surface area contributed by atoms with Gasteiger partial charge in [0, 0.05) is 25.6 Å². The van der Waals surface area contributed by atoms with Crippen molar-refractivity contribution in [2.45, 2.75) is 25.3 Å². The van der Waals surface area contributed by atoms with Gasteiger partial charge in [-0.1, -0.05) is 0 Å². The molecule has 0 radical (unpaired) electrons. The van der Waals surface area contributed by atoms with Gasteiger partial charge >= 0.3 is 0 Å². The third-order valence-electron chi connectivity index (χ3n) is 2.60. The Bertz CT molecular complexity index is 329. The minimum absolute atomic E-state index is 0.0338.